The molecule has 1 unspecified atom stereocenters. The highest BCUT2D eigenvalue weighted by atomic mass is 16.6. The van der Waals surface area contributed by atoms with Crippen LogP contribution in [0.2, 0.25) is 0 Å². The number of hydrogen-bond acceptors (Lipinski definition) is 12. The Hall–Kier alpha value is -6.06. The number of aromatic nitrogens is 2. The van der Waals surface area contributed by atoms with Crippen molar-refractivity contribution in [2.75, 3.05) is 27.3 Å². The van der Waals surface area contributed by atoms with Crippen molar-refractivity contribution in [1.82, 2.24) is 30.4 Å². The number of fused-ring (bicyclic) bond motifs is 2. The van der Waals surface area contributed by atoms with Crippen LogP contribution in [0.1, 0.15) is 90.1 Å². The molecule has 0 spiro atoms. The molecule has 6 atom stereocenters. The molecule has 2 saturated heterocycles. The topological polar surface area (TPSA) is 188 Å². The smallest absolute Gasteiger partial charge is 0.407 e. The fraction of sp³-hybridized carbons (Fsp3) is 0.476. The summed E-state index contributed by atoms with van der Waals surface area (Å²) in [5.74, 6) is 3.25. The maximum atomic E-state index is 13.7. The van der Waals surface area contributed by atoms with Crippen LogP contribution in [-0.4, -0.2) is 83.2 Å². The van der Waals surface area contributed by atoms with E-state index in [1.165, 1.54) is 14.2 Å². The van der Waals surface area contributed by atoms with Crippen molar-refractivity contribution in [3.05, 3.63) is 60.6 Å². The maximum Gasteiger partial charge on any atom is 0.407 e. The SMILES string of the molecule is CC[C@H](C)C(NC(=O)OC)C(=O)N1CCC[C@H]1c1ncc(-c2ccc3c(c2)Oc2ccc(-c4cnc([C@@H]5CCCN5C(=O)[C@@H](NC(=O)OC)[C@@H](C)CC)o4)cc2O3)o1. The fourth-order valence-corrected chi connectivity index (χ4v) is 7.71. The second kappa shape index (κ2) is 17.2. The molecule has 4 amide bonds. The number of nitrogens with one attached hydrogen (secondary N) is 2. The Labute approximate surface area is 336 Å². The first-order chi connectivity index (χ1) is 28.0. The molecule has 0 aliphatic carbocycles. The number of nitrogens with zero attached hydrogens (tertiary/aromatic N) is 4. The van der Waals surface area contributed by atoms with Crippen molar-refractivity contribution in [3.8, 4) is 45.6 Å². The standard InChI is InChI=1S/C42H50N6O10/c1-7-23(3)35(45-41(51)53-5)39(49)47-17-9-11-27(47)37-43-21-33(57-37)25-13-15-29-31(19-25)55-30-16-14-26(20-32(30)56-29)34-22-44-38(58-34)28-12-10-18-48(28)40(50)36(24(4)8-2)46-42(52)54-6/h13-16,19-24,27-28,35-36H,7-12,17-18H2,1-6H3,(H,45,51)(H,46,52)/t23-,24-,27-,28-,35-,36?/m0/s1. The average Bonchev–Trinajstić information content (AvgIpc) is 4.09. The summed E-state index contributed by atoms with van der Waals surface area (Å²) in [5, 5.41) is 5.43. The number of benzene rings is 2. The zero-order chi connectivity index (χ0) is 41.1. The highest BCUT2D eigenvalue weighted by Gasteiger charge is 2.40. The van der Waals surface area contributed by atoms with Crippen LogP contribution in [-0.2, 0) is 19.1 Å². The van der Waals surface area contributed by atoms with Gasteiger partial charge >= 0.3 is 12.2 Å². The predicted molar refractivity (Wildman–Crippen MR) is 209 cm³/mol. The number of ether oxygens (including phenoxy) is 4. The third-order valence-electron chi connectivity index (χ3n) is 11.5. The van der Waals surface area contributed by atoms with Gasteiger partial charge in [0.05, 0.1) is 26.6 Å². The molecule has 2 aromatic carbocycles. The quantitative estimate of drug-likeness (QED) is 0.125. The molecule has 16 nitrogen and oxygen atoms in total. The van der Waals surface area contributed by atoms with Crippen LogP contribution in [0, 0.1) is 11.8 Å². The summed E-state index contributed by atoms with van der Waals surface area (Å²) in [4.78, 5) is 64.2. The normalized spacial score (nSPS) is 19.1. The molecule has 16 heteroatoms. The second-order valence-electron chi connectivity index (χ2n) is 15.0. The minimum atomic E-state index is -0.732. The first-order valence-corrected chi connectivity index (χ1v) is 19.9. The van der Waals surface area contributed by atoms with Gasteiger partial charge in [0.15, 0.2) is 34.5 Å². The van der Waals surface area contributed by atoms with Crippen molar-refractivity contribution in [2.45, 2.75) is 90.4 Å². The number of oxazole rings is 2. The van der Waals surface area contributed by atoms with E-state index in [1.807, 2.05) is 52.0 Å². The van der Waals surface area contributed by atoms with E-state index in [4.69, 9.17) is 27.8 Å². The molecule has 3 aliphatic heterocycles. The minimum Gasteiger partial charge on any atom is -0.453 e. The number of methoxy groups -OCH3 is 2. The minimum absolute atomic E-state index is 0.100. The van der Waals surface area contributed by atoms with E-state index >= 15 is 0 Å². The summed E-state index contributed by atoms with van der Waals surface area (Å²) in [6.45, 7) is 8.84. The summed E-state index contributed by atoms with van der Waals surface area (Å²) < 4.78 is 34.7. The monoisotopic (exact) mass is 798 g/mol. The molecule has 2 aromatic heterocycles. The molecule has 2 N–H and O–H groups in total. The van der Waals surface area contributed by atoms with Crippen LogP contribution in [0.5, 0.6) is 23.0 Å². The lowest BCUT2D eigenvalue weighted by atomic mass is 9.97. The lowest BCUT2D eigenvalue weighted by Crippen LogP contribution is -2.51. The van der Waals surface area contributed by atoms with Crippen molar-refractivity contribution in [3.63, 3.8) is 0 Å². The second-order valence-corrected chi connectivity index (χ2v) is 15.0. The summed E-state index contributed by atoms with van der Waals surface area (Å²) in [6.07, 6.45) is 6.28. The molecular weight excluding hydrogens is 748 g/mol. The number of likely N-dealkylation sites (tertiary alicyclic amines) is 2. The Bertz CT molecular complexity index is 2000. The first-order valence-electron chi connectivity index (χ1n) is 19.9. The first kappa shape index (κ1) is 40.1. The van der Waals surface area contributed by atoms with E-state index in [1.54, 1.807) is 34.3 Å². The van der Waals surface area contributed by atoms with Gasteiger partial charge in [0.2, 0.25) is 23.6 Å². The lowest BCUT2D eigenvalue weighted by Gasteiger charge is -2.30. The average molecular weight is 799 g/mol. The highest BCUT2D eigenvalue weighted by Crippen LogP contribution is 2.48. The molecule has 0 radical (unpaired) electrons. The fourth-order valence-electron chi connectivity index (χ4n) is 7.71. The maximum absolute atomic E-state index is 13.7. The van der Waals surface area contributed by atoms with Crippen LogP contribution in [0.3, 0.4) is 0 Å². The number of carbonyl (C=O) groups excluding carboxylic acids is 4. The third kappa shape index (κ3) is 8.04. The Balaban J connectivity index is 1.03. The number of hydrogen-bond donors (Lipinski definition) is 2. The molecule has 308 valence electrons. The molecule has 5 heterocycles. The molecule has 0 saturated carbocycles. The molecule has 3 aliphatic rings. The lowest BCUT2D eigenvalue weighted by molar-refractivity contribution is -0.136. The van der Waals surface area contributed by atoms with Gasteiger partial charge in [-0.15, -0.1) is 0 Å². The molecule has 0 bridgehead atoms. The summed E-state index contributed by atoms with van der Waals surface area (Å²) in [6, 6.07) is 8.71. The zero-order valence-electron chi connectivity index (χ0n) is 33.6. The van der Waals surface area contributed by atoms with E-state index < -0.39 is 24.3 Å². The van der Waals surface area contributed by atoms with Crippen LogP contribution >= 0.6 is 0 Å². The number of alkyl carbamates (subject to hydrolysis) is 2. The molecule has 4 aromatic rings. The van der Waals surface area contributed by atoms with Crippen LogP contribution in [0.15, 0.2) is 57.6 Å². The highest BCUT2D eigenvalue weighted by molar-refractivity contribution is 5.87. The van der Waals surface area contributed by atoms with Gasteiger partial charge in [-0.2, -0.15) is 0 Å². The Morgan fingerprint density at radius 2 is 1.10 bits per heavy atom. The Kier molecular flexibility index (Phi) is 11.9. The van der Waals surface area contributed by atoms with Crippen LogP contribution in [0.4, 0.5) is 9.59 Å². The van der Waals surface area contributed by atoms with Crippen molar-refractivity contribution in [2.24, 2.45) is 11.8 Å². The van der Waals surface area contributed by atoms with Gasteiger partial charge < -0.3 is 48.2 Å². The van der Waals surface area contributed by atoms with Crippen molar-refractivity contribution >= 4 is 24.0 Å². The Morgan fingerprint density at radius 1 is 0.690 bits per heavy atom. The molecule has 58 heavy (non-hydrogen) atoms. The van der Waals surface area contributed by atoms with Gasteiger partial charge in [-0.25, -0.2) is 19.6 Å². The third-order valence-corrected chi connectivity index (χ3v) is 11.5. The predicted octanol–water partition coefficient (Wildman–Crippen LogP) is 7.76. The summed E-state index contributed by atoms with van der Waals surface area (Å²) in [7, 11) is 2.55. The van der Waals surface area contributed by atoms with Crippen LogP contribution < -0.4 is 20.1 Å². The molecular formula is C42H50N6O10. The molecule has 7 rings (SSSR count). The van der Waals surface area contributed by atoms with E-state index in [-0.39, 0.29) is 35.7 Å². The van der Waals surface area contributed by atoms with E-state index in [0.29, 0.717) is 96.2 Å². The summed E-state index contributed by atoms with van der Waals surface area (Å²) in [5.41, 5.74) is 1.43. The van der Waals surface area contributed by atoms with E-state index in [2.05, 4.69) is 20.6 Å². The zero-order valence-corrected chi connectivity index (χ0v) is 33.6. The van der Waals surface area contributed by atoms with Gasteiger partial charge in [-0.05, 0) is 73.9 Å². The van der Waals surface area contributed by atoms with Gasteiger partial charge in [0, 0.05) is 24.2 Å². The van der Waals surface area contributed by atoms with Gasteiger partial charge in [0.1, 0.15) is 24.2 Å². The van der Waals surface area contributed by atoms with Gasteiger partial charge in [-0.1, -0.05) is 40.5 Å². The van der Waals surface area contributed by atoms with Crippen molar-refractivity contribution < 1.29 is 47.0 Å². The van der Waals surface area contributed by atoms with Crippen molar-refractivity contribution in [1.29, 1.82) is 0 Å². The number of rotatable bonds is 12. The number of carbonyl (C=O) groups is 4. The van der Waals surface area contributed by atoms with Gasteiger partial charge in [0.25, 0.3) is 0 Å². The van der Waals surface area contributed by atoms with Crippen LogP contribution in [0.25, 0.3) is 22.6 Å². The Morgan fingerprint density at radius 3 is 1.48 bits per heavy atom. The largest absolute Gasteiger partial charge is 0.453 e. The van der Waals surface area contributed by atoms with E-state index in [0.717, 1.165) is 12.8 Å². The van der Waals surface area contributed by atoms with E-state index in [9.17, 15) is 19.2 Å². The van der Waals surface area contributed by atoms with Gasteiger partial charge in [-0.3, -0.25) is 9.59 Å². The summed E-state index contributed by atoms with van der Waals surface area (Å²) >= 11 is 0. The molecule has 2 fully saturated rings. The number of amides is 4.